The summed E-state index contributed by atoms with van der Waals surface area (Å²) in [6.45, 7) is 1.30. The molecule has 3 aromatic carbocycles. The molecule has 0 fully saturated rings. The van der Waals surface area contributed by atoms with Gasteiger partial charge in [0, 0.05) is 29.2 Å². The summed E-state index contributed by atoms with van der Waals surface area (Å²) in [6.07, 6.45) is 1.80. The van der Waals surface area contributed by atoms with Crippen molar-refractivity contribution in [3.8, 4) is 22.6 Å². The van der Waals surface area contributed by atoms with Crippen LogP contribution < -0.4 is 9.47 Å². The molecule has 0 amide bonds. The number of benzene rings is 3. The van der Waals surface area contributed by atoms with Gasteiger partial charge in [-0.2, -0.15) is 22.7 Å². The molecule has 0 spiro atoms. The third-order valence-corrected chi connectivity index (χ3v) is 6.97. The molecule has 0 saturated carbocycles. The number of hydrogen-bond acceptors (Lipinski definition) is 4. The lowest BCUT2D eigenvalue weighted by Crippen LogP contribution is -2.04. The third kappa shape index (κ3) is 4.72. The second-order valence-corrected chi connectivity index (χ2v) is 9.18. The summed E-state index contributed by atoms with van der Waals surface area (Å²) in [5.41, 5.74) is 4.90. The van der Waals surface area contributed by atoms with Gasteiger partial charge in [0.15, 0.2) is 0 Å². The first kappa shape index (κ1) is 20.8. The summed E-state index contributed by atoms with van der Waals surface area (Å²) in [4.78, 5) is 0. The molecular weight excluding hydrogens is 432 g/mol. The van der Waals surface area contributed by atoms with E-state index in [9.17, 15) is 0 Å². The van der Waals surface area contributed by atoms with E-state index in [1.165, 1.54) is 11.1 Å². The highest BCUT2D eigenvalue weighted by Gasteiger charge is 2.14. The van der Waals surface area contributed by atoms with E-state index in [2.05, 4.69) is 82.2 Å². The van der Waals surface area contributed by atoms with Crippen molar-refractivity contribution in [2.24, 2.45) is 0 Å². The first-order valence-electron chi connectivity index (χ1n) is 10.8. The van der Waals surface area contributed by atoms with Crippen molar-refractivity contribution in [1.82, 2.24) is 0 Å². The molecule has 0 N–H and O–H groups in total. The van der Waals surface area contributed by atoms with Gasteiger partial charge in [-0.3, -0.25) is 0 Å². The molecule has 4 heteroatoms. The number of thiophene rings is 2. The highest BCUT2D eigenvalue weighted by Crippen LogP contribution is 2.40. The highest BCUT2D eigenvalue weighted by atomic mass is 32.1. The van der Waals surface area contributed by atoms with Crippen molar-refractivity contribution in [1.29, 1.82) is 0 Å². The van der Waals surface area contributed by atoms with Crippen molar-refractivity contribution in [3.05, 3.63) is 105 Å². The standard InChI is InChI=1S/C28H24O2S2/c1-2-5-23(6-3-1)24-9-10-25-26(28(24)30-16-12-22-14-18-32-20-22)7-4-8-27(25)29-15-11-21-13-17-31-19-21/h1-10,13-14,17-20H,11-12,15-16H2. The molecule has 0 radical (unpaired) electrons. The van der Waals surface area contributed by atoms with Crippen LogP contribution in [-0.2, 0) is 12.8 Å². The van der Waals surface area contributed by atoms with Crippen LogP contribution in [0.5, 0.6) is 11.5 Å². The molecule has 0 aliphatic carbocycles. The van der Waals surface area contributed by atoms with Crippen molar-refractivity contribution >= 4 is 33.4 Å². The third-order valence-electron chi connectivity index (χ3n) is 5.50. The lowest BCUT2D eigenvalue weighted by atomic mass is 9.99. The van der Waals surface area contributed by atoms with Gasteiger partial charge in [0.05, 0.1) is 13.2 Å². The fourth-order valence-electron chi connectivity index (χ4n) is 3.85. The van der Waals surface area contributed by atoms with Crippen LogP contribution in [-0.4, -0.2) is 13.2 Å². The summed E-state index contributed by atoms with van der Waals surface area (Å²) >= 11 is 3.45. The molecule has 0 saturated heterocycles. The second-order valence-electron chi connectivity index (χ2n) is 7.62. The molecule has 0 unspecified atom stereocenters. The number of hydrogen-bond donors (Lipinski definition) is 0. The monoisotopic (exact) mass is 456 g/mol. The van der Waals surface area contributed by atoms with Gasteiger partial charge in [0.1, 0.15) is 11.5 Å². The molecule has 2 aromatic heterocycles. The van der Waals surface area contributed by atoms with Crippen molar-refractivity contribution in [2.45, 2.75) is 12.8 Å². The summed E-state index contributed by atoms with van der Waals surface area (Å²) < 4.78 is 12.7. The zero-order valence-electron chi connectivity index (χ0n) is 17.7. The van der Waals surface area contributed by atoms with E-state index < -0.39 is 0 Å². The molecule has 0 atom stereocenters. The maximum absolute atomic E-state index is 6.45. The Hall–Kier alpha value is -3.08. The molecule has 0 aliphatic heterocycles. The van der Waals surface area contributed by atoms with Gasteiger partial charge in [-0.25, -0.2) is 0 Å². The Morgan fingerprint density at radius 2 is 1.31 bits per heavy atom. The largest absolute Gasteiger partial charge is 0.493 e. The number of fused-ring (bicyclic) bond motifs is 1. The summed E-state index contributed by atoms with van der Waals surface area (Å²) in [5, 5.41) is 10.8. The van der Waals surface area contributed by atoms with Crippen molar-refractivity contribution in [2.75, 3.05) is 13.2 Å². The zero-order chi connectivity index (χ0) is 21.6. The molecule has 160 valence electrons. The van der Waals surface area contributed by atoms with Gasteiger partial charge in [0.2, 0.25) is 0 Å². The fraction of sp³-hybridized carbons (Fsp3) is 0.143. The Balaban J connectivity index is 1.46. The molecule has 2 nitrogen and oxygen atoms in total. The molecule has 32 heavy (non-hydrogen) atoms. The lowest BCUT2D eigenvalue weighted by Gasteiger charge is -2.17. The minimum absolute atomic E-state index is 0.638. The first-order chi connectivity index (χ1) is 15.9. The van der Waals surface area contributed by atoms with Gasteiger partial charge in [0.25, 0.3) is 0 Å². The minimum Gasteiger partial charge on any atom is -0.493 e. The minimum atomic E-state index is 0.638. The molecule has 0 bridgehead atoms. The Morgan fingerprint density at radius 3 is 2.00 bits per heavy atom. The molecule has 5 rings (SSSR count). The van der Waals surface area contributed by atoms with Gasteiger partial charge in [-0.1, -0.05) is 42.5 Å². The number of ether oxygens (including phenoxy) is 2. The van der Waals surface area contributed by atoms with Crippen LogP contribution in [0.25, 0.3) is 21.9 Å². The molecular formula is C28H24O2S2. The van der Waals surface area contributed by atoms with Gasteiger partial charge in [-0.15, -0.1) is 0 Å². The Kier molecular flexibility index (Phi) is 6.52. The molecule has 5 aromatic rings. The maximum Gasteiger partial charge on any atom is 0.135 e. The van der Waals surface area contributed by atoms with E-state index in [0.717, 1.165) is 46.2 Å². The van der Waals surface area contributed by atoms with E-state index in [0.29, 0.717) is 13.2 Å². The van der Waals surface area contributed by atoms with E-state index in [4.69, 9.17) is 9.47 Å². The van der Waals surface area contributed by atoms with E-state index in [1.807, 2.05) is 12.1 Å². The van der Waals surface area contributed by atoms with Gasteiger partial charge in [-0.05, 0) is 68.5 Å². The van der Waals surface area contributed by atoms with Crippen LogP contribution in [0.15, 0.2) is 94.3 Å². The maximum atomic E-state index is 6.45. The van der Waals surface area contributed by atoms with Gasteiger partial charge >= 0.3 is 0 Å². The van der Waals surface area contributed by atoms with Crippen molar-refractivity contribution in [3.63, 3.8) is 0 Å². The zero-order valence-corrected chi connectivity index (χ0v) is 19.3. The predicted molar refractivity (Wildman–Crippen MR) is 136 cm³/mol. The first-order valence-corrected chi connectivity index (χ1v) is 12.7. The topological polar surface area (TPSA) is 18.5 Å². The van der Waals surface area contributed by atoms with E-state index >= 15 is 0 Å². The fourth-order valence-corrected chi connectivity index (χ4v) is 5.25. The Morgan fingerprint density at radius 1 is 0.594 bits per heavy atom. The van der Waals surface area contributed by atoms with Crippen LogP contribution in [0.4, 0.5) is 0 Å². The average molecular weight is 457 g/mol. The van der Waals surface area contributed by atoms with Crippen LogP contribution in [0.3, 0.4) is 0 Å². The smallest absolute Gasteiger partial charge is 0.135 e. The van der Waals surface area contributed by atoms with Crippen molar-refractivity contribution < 1.29 is 9.47 Å². The SMILES string of the molecule is c1ccc(-c2ccc3c(OCCc4ccsc4)cccc3c2OCCc2ccsc2)cc1. The lowest BCUT2D eigenvalue weighted by molar-refractivity contribution is 0.323. The quantitative estimate of drug-likeness (QED) is 0.225. The van der Waals surface area contributed by atoms with Crippen LogP contribution in [0.1, 0.15) is 11.1 Å². The molecule has 0 aliphatic rings. The van der Waals surface area contributed by atoms with E-state index in [-0.39, 0.29) is 0 Å². The second kappa shape index (κ2) is 10.0. The Bertz CT molecular complexity index is 1260. The molecule has 2 heterocycles. The normalized spacial score (nSPS) is 11.0. The summed E-state index contributed by atoms with van der Waals surface area (Å²) in [6, 6.07) is 25.3. The number of rotatable bonds is 9. The van der Waals surface area contributed by atoms with Gasteiger partial charge < -0.3 is 9.47 Å². The average Bonchev–Trinajstić information content (AvgIpc) is 3.54. The highest BCUT2D eigenvalue weighted by molar-refractivity contribution is 7.08. The van der Waals surface area contributed by atoms with E-state index in [1.54, 1.807) is 22.7 Å². The predicted octanol–water partition coefficient (Wildman–Crippen LogP) is 7.87. The summed E-state index contributed by atoms with van der Waals surface area (Å²) in [5.74, 6) is 1.83. The van der Waals surface area contributed by atoms with Crippen LogP contribution >= 0.6 is 22.7 Å². The Labute approximate surface area is 196 Å². The summed E-state index contributed by atoms with van der Waals surface area (Å²) in [7, 11) is 0. The van der Waals surface area contributed by atoms with Crippen LogP contribution in [0, 0.1) is 0 Å². The van der Waals surface area contributed by atoms with Crippen LogP contribution in [0.2, 0.25) is 0 Å².